The Morgan fingerprint density at radius 3 is 2.27 bits per heavy atom. The monoisotopic (exact) mass is 230 g/mol. The van der Waals surface area contributed by atoms with E-state index in [1.807, 2.05) is 4.90 Å². The first-order chi connectivity index (χ1) is 7.19. The average Bonchev–Trinajstić information content (AvgIpc) is 2.17. The summed E-state index contributed by atoms with van der Waals surface area (Å²) in [5, 5.41) is 18.3. The molecule has 4 nitrogen and oxygen atoms in total. The largest absolute Gasteiger partial charge is 0.397 e. The zero-order valence-corrected chi connectivity index (χ0v) is 9.11. The predicted octanol–water partition coefficient (Wildman–Crippen LogP) is 0.713. The van der Waals surface area contributed by atoms with Gasteiger partial charge < -0.3 is 20.8 Å². The molecular weight excluding hydrogens is 216 g/mol. The van der Waals surface area contributed by atoms with E-state index in [-0.39, 0.29) is 13.2 Å². The van der Waals surface area contributed by atoms with Crippen LogP contribution in [0.15, 0.2) is 18.2 Å². The van der Waals surface area contributed by atoms with Crippen molar-refractivity contribution in [2.45, 2.75) is 0 Å². The minimum atomic E-state index is 0.0159. The average molecular weight is 231 g/mol. The fraction of sp³-hybridized carbons (Fsp3) is 0.400. The molecule has 1 aromatic rings. The van der Waals surface area contributed by atoms with E-state index in [1.54, 1.807) is 18.2 Å². The molecule has 0 atom stereocenters. The summed E-state index contributed by atoms with van der Waals surface area (Å²) in [4.78, 5) is 1.81. The summed E-state index contributed by atoms with van der Waals surface area (Å²) < 4.78 is 0. The van der Waals surface area contributed by atoms with Gasteiger partial charge in [-0.2, -0.15) is 0 Å². The molecule has 0 radical (unpaired) electrons. The number of hydrogen-bond acceptors (Lipinski definition) is 4. The van der Waals surface area contributed by atoms with Crippen LogP contribution in [0.25, 0.3) is 0 Å². The molecule has 0 saturated carbocycles. The number of nitrogens with two attached hydrogens (primary N) is 1. The Kier molecular flexibility index (Phi) is 4.68. The molecule has 0 heterocycles. The lowest BCUT2D eigenvalue weighted by molar-refractivity contribution is 0.281. The number of rotatable bonds is 5. The third-order valence-corrected chi connectivity index (χ3v) is 2.31. The molecule has 0 spiro atoms. The van der Waals surface area contributed by atoms with Crippen LogP contribution in [0.3, 0.4) is 0 Å². The lowest BCUT2D eigenvalue weighted by Crippen LogP contribution is -2.30. The Balaban J connectivity index is 2.89. The van der Waals surface area contributed by atoms with E-state index < -0.39 is 0 Å². The second-order valence-electron chi connectivity index (χ2n) is 3.14. The fourth-order valence-electron chi connectivity index (χ4n) is 1.41. The molecule has 84 valence electrons. The Morgan fingerprint density at radius 1 is 1.20 bits per heavy atom. The number of nitrogens with zero attached hydrogens (tertiary/aromatic N) is 1. The number of hydrogen-bond donors (Lipinski definition) is 3. The highest BCUT2D eigenvalue weighted by Crippen LogP contribution is 2.26. The van der Waals surface area contributed by atoms with E-state index in [1.165, 1.54) is 0 Å². The molecule has 0 unspecified atom stereocenters. The van der Waals surface area contributed by atoms with Gasteiger partial charge in [0, 0.05) is 18.1 Å². The van der Waals surface area contributed by atoms with E-state index in [4.69, 9.17) is 27.5 Å². The Bertz CT molecular complexity index is 314. The molecule has 0 fully saturated rings. The van der Waals surface area contributed by atoms with E-state index in [2.05, 4.69) is 0 Å². The topological polar surface area (TPSA) is 69.7 Å². The molecule has 0 saturated heterocycles. The minimum Gasteiger partial charge on any atom is -0.397 e. The van der Waals surface area contributed by atoms with Gasteiger partial charge in [-0.05, 0) is 18.2 Å². The zero-order valence-electron chi connectivity index (χ0n) is 8.36. The Morgan fingerprint density at radius 2 is 1.80 bits per heavy atom. The summed E-state index contributed by atoms with van der Waals surface area (Å²) in [5.41, 5.74) is 7.12. The molecule has 0 amide bonds. The van der Waals surface area contributed by atoms with Crippen LogP contribution in [0.1, 0.15) is 0 Å². The van der Waals surface area contributed by atoms with Crippen molar-refractivity contribution in [3.63, 3.8) is 0 Å². The van der Waals surface area contributed by atoms with Crippen molar-refractivity contribution >= 4 is 23.0 Å². The van der Waals surface area contributed by atoms with E-state index in [0.717, 1.165) is 5.69 Å². The summed E-state index contributed by atoms with van der Waals surface area (Å²) in [6.07, 6.45) is 0. The van der Waals surface area contributed by atoms with Crippen LogP contribution in [0.5, 0.6) is 0 Å². The molecule has 0 aliphatic heterocycles. The van der Waals surface area contributed by atoms with Crippen molar-refractivity contribution in [2.75, 3.05) is 36.9 Å². The minimum absolute atomic E-state index is 0.0159. The highest BCUT2D eigenvalue weighted by molar-refractivity contribution is 6.31. The van der Waals surface area contributed by atoms with Crippen LogP contribution in [-0.4, -0.2) is 36.5 Å². The summed E-state index contributed by atoms with van der Waals surface area (Å²) in [6, 6.07) is 5.16. The maximum Gasteiger partial charge on any atom is 0.0606 e. The number of aliphatic hydroxyl groups is 2. The van der Waals surface area contributed by atoms with Crippen molar-refractivity contribution in [3.05, 3.63) is 23.2 Å². The molecule has 1 aromatic carbocycles. The van der Waals surface area contributed by atoms with Crippen molar-refractivity contribution in [2.24, 2.45) is 0 Å². The molecule has 0 aliphatic carbocycles. The van der Waals surface area contributed by atoms with Crippen LogP contribution in [0.4, 0.5) is 11.4 Å². The number of nitrogen functional groups attached to an aromatic ring is 1. The summed E-state index contributed by atoms with van der Waals surface area (Å²) >= 11 is 5.78. The molecular formula is C10H15ClN2O2. The van der Waals surface area contributed by atoms with E-state index in [9.17, 15) is 0 Å². The second kappa shape index (κ2) is 5.80. The van der Waals surface area contributed by atoms with Gasteiger partial charge in [0.2, 0.25) is 0 Å². The normalized spacial score (nSPS) is 10.3. The maximum atomic E-state index is 8.88. The van der Waals surface area contributed by atoms with Crippen LogP contribution in [0, 0.1) is 0 Å². The standard InChI is InChI=1S/C10H15ClN2O2/c11-8-1-2-10(9(12)7-8)13(3-5-14)4-6-15/h1-2,7,14-15H,3-6,12H2. The lowest BCUT2D eigenvalue weighted by atomic mass is 10.2. The van der Waals surface area contributed by atoms with Crippen LogP contribution < -0.4 is 10.6 Å². The number of anilines is 2. The van der Waals surface area contributed by atoms with Gasteiger partial charge in [0.25, 0.3) is 0 Å². The van der Waals surface area contributed by atoms with Gasteiger partial charge in [-0.3, -0.25) is 0 Å². The van der Waals surface area contributed by atoms with Crippen LogP contribution >= 0.6 is 11.6 Å². The molecule has 4 N–H and O–H groups in total. The van der Waals surface area contributed by atoms with Crippen molar-refractivity contribution in [3.8, 4) is 0 Å². The molecule has 5 heteroatoms. The lowest BCUT2D eigenvalue weighted by Gasteiger charge is -2.24. The summed E-state index contributed by atoms with van der Waals surface area (Å²) in [6.45, 7) is 0.906. The molecule has 0 bridgehead atoms. The fourth-order valence-corrected chi connectivity index (χ4v) is 1.59. The SMILES string of the molecule is Nc1cc(Cl)ccc1N(CCO)CCO. The maximum absolute atomic E-state index is 8.88. The van der Waals surface area contributed by atoms with E-state index >= 15 is 0 Å². The molecule has 0 aromatic heterocycles. The molecule has 15 heavy (non-hydrogen) atoms. The Hall–Kier alpha value is -0.970. The number of benzene rings is 1. The molecule has 1 rings (SSSR count). The number of aliphatic hydroxyl groups excluding tert-OH is 2. The Labute approximate surface area is 93.9 Å². The van der Waals surface area contributed by atoms with Crippen LogP contribution in [-0.2, 0) is 0 Å². The van der Waals surface area contributed by atoms with Crippen molar-refractivity contribution in [1.29, 1.82) is 0 Å². The first kappa shape index (κ1) is 12.1. The van der Waals surface area contributed by atoms with Gasteiger partial charge >= 0.3 is 0 Å². The third-order valence-electron chi connectivity index (χ3n) is 2.07. The first-order valence-electron chi connectivity index (χ1n) is 4.70. The van der Waals surface area contributed by atoms with Gasteiger partial charge in [-0.1, -0.05) is 11.6 Å². The summed E-state index contributed by atoms with van der Waals surface area (Å²) in [7, 11) is 0. The second-order valence-corrected chi connectivity index (χ2v) is 3.57. The van der Waals surface area contributed by atoms with Gasteiger partial charge in [0.15, 0.2) is 0 Å². The van der Waals surface area contributed by atoms with Crippen molar-refractivity contribution in [1.82, 2.24) is 0 Å². The number of halogens is 1. The van der Waals surface area contributed by atoms with Gasteiger partial charge in [0.1, 0.15) is 0 Å². The third kappa shape index (κ3) is 3.27. The molecule has 0 aliphatic rings. The van der Waals surface area contributed by atoms with Gasteiger partial charge in [0.05, 0.1) is 24.6 Å². The van der Waals surface area contributed by atoms with Crippen molar-refractivity contribution < 1.29 is 10.2 Å². The van der Waals surface area contributed by atoms with Gasteiger partial charge in [-0.25, -0.2) is 0 Å². The first-order valence-corrected chi connectivity index (χ1v) is 5.08. The van der Waals surface area contributed by atoms with Crippen LogP contribution in [0.2, 0.25) is 5.02 Å². The van der Waals surface area contributed by atoms with E-state index in [0.29, 0.717) is 23.8 Å². The van der Waals surface area contributed by atoms with Gasteiger partial charge in [-0.15, -0.1) is 0 Å². The summed E-state index contributed by atoms with van der Waals surface area (Å²) in [5.74, 6) is 0. The highest BCUT2D eigenvalue weighted by atomic mass is 35.5. The highest BCUT2D eigenvalue weighted by Gasteiger charge is 2.08. The quantitative estimate of drug-likeness (QED) is 0.652. The smallest absolute Gasteiger partial charge is 0.0606 e. The predicted molar refractivity (Wildman–Crippen MR) is 62.2 cm³/mol. The zero-order chi connectivity index (χ0) is 11.3.